The lowest BCUT2D eigenvalue weighted by atomic mass is 10.2. The zero-order chi connectivity index (χ0) is 16.5. The molecule has 1 aromatic heterocycles. The van der Waals surface area contributed by atoms with Crippen LogP contribution in [0.2, 0.25) is 0 Å². The van der Waals surface area contributed by atoms with Gasteiger partial charge in [0.2, 0.25) is 9.47 Å². The SMILES string of the molecule is NS(=O)(=O)c1nnc(NS(=O)(=O)c2ccccc2C(=O)O)s1. The minimum Gasteiger partial charge on any atom is -0.478 e. The van der Waals surface area contributed by atoms with E-state index in [-0.39, 0.29) is 5.13 Å². The predicted octanol–water partition coefficient (Wildman–Crippen LogP) is -0.315. The van der Waals surface area contributed by atoms with Crippen LogP contribution in [0.4, 0.5) is 5.13 Å². The fraction of sp³-hybridized carbons (Fsp3) is 0. The Bertz CT molecular complexity index is 934. The molecule has 2 rings (SSSR count). The summed E-state index contributed by atoms with van der Waals surface area (Å²) in [5, 5.41) is 20.0. The number of hydrogen-bond donors (Lipinski definition) is 3. The van der Waals surface area contributed by atoms with Crippen LogP contribution < -0.4 is 9.86 Å². The second-order valence-corrected chi connectivity index (χ2v) is 8.19. The molecular weight excluding hydrogens is 356 g/mol. The smallest absolute Gasteiger partial charge is 0.337 e. The molecule has 0 fully saturated rings. The van der Waals surface area contributed by atoms with Crippen molar-refractivity contribution in [1.82, 2.24) is 10.2 Å². The van der Waals surface area contributed by atoms with Crippen LogP contribution in [0.25, 0.3) is 0 Å². The van der Waals surface area contributed by atoms with Crippen molar-refractivity contribution in [3.63, 3.8) is 0 Å². The number of sulfonamides is 2. The monoisotopic (exact) mass is 364 g/mol. The molecule has 0 amide bonds. The second-order valence-electron chi connectivity index (χ2n) is 3.82. The summed E-state index contributed by atoms with van der Waals surface area (Å²) >= 11 is 0.403. The van der Waals surface area contributed by atoms with Gasteiger partial charge in [-0.3, -0.25) is 4.72 Å². The van der Waals surface area contributed by atoms with Gasteiger partial charge in [-0.15, -0.1) is 10.2 Å². The summed E-state index contributed by atoms with van der Waals surface area (Å²) in [6, 6.07) is 4.92. The lowest BCUT2D eigenvalue weighted by Gasteiger charge is -2.07. The molecular formula is C9H8N4O6S3. The van der Waals surface area contributed by atoms with Crippen LogP contribution in [0.3, 0.4) is 0 Å². The number of aromatic nitrogens is 2. The Kier molecular flexibility index (Phi) is 4.15. The molecule has 0 unspecified atom stereocenters. The van der Waals surface area contributed by atoms with Crippen molar-refractivity contribution in [3.05, 3.63) is 29.8 Å². The van der Waals surface area contributed by atoms with E-state index in [9.17, 15) is 21.6 Å². The molecule has 0 aliphatic rings. The van der Waals surface area contributed by atoms with E-state index in [0.717, 1.165) is 12.1 Å². The zero-order valence-corrected chi connectivity index (χ0v) is 12.9. The second kappa shape index (κ2) is 5.60. The molecule has 0 atom stereocenters. The van der Waals surface area contributed by atoms with Crippen LogP contribution in [0, 0.1) is 0 Å². The van der Waals surface area contributed by atoms with Crippen LogP contribution in [-0.4, -0.2) is 38.1 Å². The number of carboxylic acid groups (broad SMARTS) is 1. The molecule has 0 saturated carbocycles. The molecule has 0 radical (unpaired) electrons. The molecule has 118 valence electrons. The van der Waals surface area contributed by atoms with E-state index in [4.69, 9.17) is 10.2 Å². The van der Waals surface area contributed by atoms with Gasteiger partial charge < -0.3 is 5.11 Å². The van der Waals surface area contributed by atoms with Crippen molar-refractivity contribution in [2.24, 2.45) is 5.14 Å². The molecule has 1 heterocycles. The number of carbonyl (C=O) groups is 1. The summed E-state index contributed by atoms with van der Waals surface area (Å²) in [6.07, 6.45) is 0. The molecule has 0 saturated heterocycles. The Labute approximate surface area is 128 Å². The Morgan fingerprint density at radius 3 is 2.36 bits per heavy atom. The van der Waals surface area contributed by atoms with Gasteiger partial charge in [-0.2, -0.15) is 0 Å². The number of rotatable bonds is 5. The number of primary sulfonamides is 1. The fourth-order valence-corrected chi connectivity index (χ4v) is 4.18. The van der Waals surface area contributed by atoms with Crippen molar-refractivity contribution in [3.8, 4) is 0 Å². The third-order valence-corrected chi connectivity index (χ3v) is 5.95. The highest BCUT2D eigenvalue weighted by Crippen LogP contribution is 2.23. The average molecular weight is 364 g/mol. The largest absolute Gasteiger partial charge is 0.478 e. The van der Waals surface area contributed by atoms with Gasteiger partial charge in [0.05, 0.1) is 5.56 Å². The summed E-state index contributed by atoms with van der Waals surface area (Å²) in [4.78, 5) is 10.6. The highest BCUT2D eigenvalue weighted by atomic mass is 32.2. The molecule has 22 heavy (non-hydrogen) atoms. The van der Waals surface area contributed by atoms with Crippen molar-refractivity contribution in [1.29, 1.82) is 0 Å². The summed E-state index contributed by atoms with van der Waals surface area (Å²) in [5.41, 5.74) is -0.439. The maximum Gasteiger partial charge on any atom is 0.337 e. The lowest BCUT2D eigenvalue weighted by molar-refractivity contribution is 0.0692. The summed E-state index contributed by atoms with van der Waals surface area (Å²) in [7, 11) is -8.39. The maximum atomic E-state index is 12.2. The van der Waals surface area contributed by atoms with Gasteiger partial charge in [-0.25, -0.2) is 26.8 Å². The van der Waals surface area contributed by atoms with Crippen LogP contribution in [-0.2, 0) is 20.0 Å². The number of hydrogen-bond acceptors (Lipinski definition) is 8. The lowest BCUT2D eigenvalue weighted by Crippen LogP contribution is -2.16. The van der Waals surface area contributed by atoms with Crippen LogP contribution >= 0.6 is 11.3 Å². The van der Waals surface area contributed by atoms with E-state index >= 15 is 0 Å². The number of nitrogens with two attached hydrogens (primary N) is 1. The molecule has 0 aliphatic heterocycles. The molecule has 10 nitrogen and oxygen atoms in total. The van der Waals surface area contributed by atoms with E-state index in [1.807, 2.05) is 4.72 Å². The number of benzene rings is 1. The Morgan fingerprint density at radius 1 is 1.18 bits per heavy atom. The maximum absolute atomic E-state index is 12.2. The van der Waals surface area contributed by atoms with Gasteiger partial charge in [0.15, 0.2) is 0 Å². The summed E-state index contributed by atoms with van der Waals surface area (Å²) in [5.74, 6) is -1.43. The van der Waals surface area contributed by atoms with E-state index in [0.29, 0.717) is 11.3 Å². The summed E-state index contributed by atoms with van der Waals surface area (Å²) < 4.78 is 47.8. The highest BCUT2D eigenvalue weighted by molar-refractivity contribution is 7.93. The Balaban J connectivity index is 2.41. The normalized spacial score (nSPS) is 12.0. The van der Waals surface area contributed by atoms with E-state index in [1.165, 1.54) is 12.1 Å². The first kappa shape index (κ1) is 16.3. The number of carboxylic acids is 1. The highest BCUT2D eigenvalue weighted by Gasteiger charge is 2.24. The Morgan fingerprint density at radius 2 is 1.82 bits per heavy atom. The fourth-order valence-electron chi connectivity index (χ4n) is 1.41. The standard InChI is InChI=1S/C9H8N4O6S3/c10-21(16,17)9-12-11-8(20-9)13-22(18,19)6-4-2-1-3-5(6)7(14)15/h1-4H,(H,11,13)(H,14,15)(H2,10,16,17). The minimum atomic E-state index is -4.28. The predicted molar refractivity (Wildman–Crippen MR) is 75.5 cm³/mol. The Hall–Kier alpha value is -2.09. The molecule has 0 aliphatic carbocycles. The molecule has 0 bridgehead atoms. The van der Waals surface area contributed by atoms with Crippen LogP contribution in [0.1, 0.15) is 10.4 Å². The summed E-state index contributed by atoms with van der Waals surface area (Å²) in [6.45, 7) is 0. The number of nitrogens with zero attached hydrogens (tertiary/aromatic N) is 2. The molecule has 4 N–H and O–H groups in total. The van der Waals surface area contributed by atoms with E-state index < -0.39 is 40.8 Å². The molecule has 2 aromatic rings. The van der Waals surface area contributed by atoms with Crippen LogP contribution in [0.15, 0.2) is 33.5 Å². The van der Waals surface area contributed by atoms with Crippen molar-refractivity contribution < 1.29 is 26.7 Å². The number of aromatic carboxylic acids is 1. The molecule has 1 aromatic carbocycles. The first-order chi connectivity index (χ1) is 10.1. The zero-order valence-electron chi connectivity index (χ0n) is 10.5. The topological polar surface area (TPSA) is 169 Å². The van der Waals surface area contributed by atoms with E-state index in [2.05, 4.69) is 10.2 Å². The van der Waals surface area contributed by atoms with Gasteiger partial charge in [0, 0.05) is 0 Å². The first-order valence-corrected chi connectivity index (χ1v) is 9.17. The first-order valence-electron chi connectivity index (χ1n) is 5.33. The molecule has 13 heteroatoms. The van der Waals surface area contributed by atoms with Crippen molar-refractivity contribution in [2.75, 3.05) is 4.72 Å². The quantitative estimate of drug-likeness (QED) is 0.648. The van der Waals surface area contributed by atoms with E-state index in [1.54, 1.807) is 0 Å². The molecule has 0 spiro atoms. The average Bonchev–Trinajstić information content (AvgIpc) is 2.86. The number of nitrogens with one attached hydrogen (secondary N) is 1. The van der Waals surface area contributed by atoms with Gasteiger partial charge in [0.1, 0.15) is 4.90 Å². The van der Waals surface area contributed by atoms with Gasteiger partial charge in [-0.1, -0.05) is 23.5 Å². The third kappa shape index (κ3) is 3.38. The van der Waals surface area contributed by atoms with Crippen LogP contribution in [0.5, 0.6) is 0 Å². The minimum absolute atomic E-state index is 0.357. The van der Waals surface area contributed by atoms with Crippen molar-refractivity contribution in [2.45, 2.75) is 9.24 Å². The number of anilines is 1. The third-order valence-electron chi connectivity index (χ3n) is 2.28. The van der Waals surface area contributed by atoms with Gasteiger partial charge in [-0.05, 0) is 12.1 Å². The van der Waals surface area contributed by atoms with Gasteiger partial charge in [0.25, 0.3) is 20.0 Å². The van der Waals surface area contributed by atoms with Crippen molar-refractivity contribution >= 4 is 42.5 Å². The van der Waals surface area contributed by atoms with Gasteiger partial charge >= 0.3 is 5.97 Å².